The second kappa shape index (κ2) is 5.33. The Morgan fingerprint density at radius 3 is 2.65 bits per heavy atom. The van der Waals surface area contributed by atoms with E-state index in [1.807, 2.05) is 0 Å². The molecule has 0 unspecified atom stereocenters. The van der Waals surface area contributed by atoms with Crippen LogP contribution in [0.4, 0.5) is 5.69 Å². The monoisotopic (exact) mass is 282 g/mol. The topological polar surface area (TPSA) is 111 Å². The highest BCUT2D eigenvalue weighted by atomic mass is 16.6. The molecule has 1 aromatic carbocycles. The molecule has 20 heavy (non-hydrogen) atoms. The predicted molar refractivity (Wildman–Crippen MR) is 68.1 cm³/mol. The van der Waals surface area contributed by atoms with Crippen molar-refractivity contribution in [1.29, 1.82) is 0 Å². The maximum Gasteiger partial charge on any atom is 0.307 e. The normalized spacial score (nSPS) is 16.1. The number of hydrogen-bond acceptors (Lipinski definition) is 6. The van der Waals surface area contributed by atoms with Crippen LogP contribution in [0.2, 0.25) is 0 Å². The third kappa shape index (κ3) is 2.80. The highest BCUT2D eigenvalue weighted by molar-refractivity contribution is 5.68. The second-order valence-corrected chi connectivity index (χ2v) is 4.55. The van der Waals surface area contributed by atoms with Crippen LogP contribution in [-0.4, -0.2) is 41.8 Å². The predicted octanol–water partition coefficient (Wildman–Crippen LogP) is 0.799. The highest BCUT2D eigenvalue weighted by Gasteiger charge is 2.42. The van der Waals surface area contributed by atoms with Gasteiger partial charge in [-0.15, -0.1) is 0 Å². The molecule has 2 N–H and O–H groups in total. The van der Waals surface area contributed by atoms with Crippen LogP contribution in [0, 0.1) is 10.1 Å². The van der Waals surface area contributed by atoms with Gasteiger partial charge in [0.1, 0.15) is 5.60 Å². The summed E-state index contributed by atoms with van der Waals surface area (Å²) in [6.45, 7) is 0.804. The lowest BCUT2D eigenvalue weighted by Crippen LogP contribution is -2.64. The molecule has 0 radical (unpaired) electrons. The summed E-state index contributed by atoms with van der Waals surface area (Å²) >= 11 is 0. The van der Waals surface area contributed by atoms with Gasteiger partial charge in [0.2, 0.25) is 0 Å². The Labute approximate surface area is 114 Å². The van der Waals surface area contributed by atoms with Crippen LogP contribution in [0.3, 0.4) is 0 Å². The van der Waals surface area contributed by atoms with Crippen molar-refractivity contribution in [2.45, 2.75) is 12.0 Å². The van der Waals surface area contributed by atoms with E-state index in [4.69, 9.17) is 14.6 Å². The van der Waals surface area contributed by atoms with E-state index >= 15 is 0 Å². The number of carboxylic acid groups (broad SMARTS) is 1. The Morgan fingerprint density at radius 2 is 2.20 bits per heavy atom. The summed E-state index contributed by atoms with van der Waals surface area (Å²) < 4.78 is 10.8. The molecule has 0 bridgehead atoms. The molecule has 0 aliphatic carbocycles. The van der Waals surface area contributed by atoms with Gasteiger partial charge >= 0.3 is 5.97 Å². The van der Waals surface area contributed by atoms with Crippen molar-refractivity contribution in [3.63, 3.8) is 0 Å². The van der Waals surface area contributed by atoms with Crippen molar-refractivity contribution in [2.24, 2.45) is 0 Å². The average Bonchev–Trinajstić information content (AvgIpc) is 2.35. The maximum absolute atomic E-state index is 10.9. The lowest BCUT2D eigenvalue weighted by Gasteiger charge is -2.41. The molecule has 108 valence electrons. The van der Waals surface area contributed by atoms with Crippen molar-refractivity contribution in [1.82, 2.24) is 5.32 Å². The Balaban J connectivity index is 2.24. The summed E-state index contributed by atoms with van der Waals surface area (Å²) in [6, 6.07) is 3.95. The summed E-state index contributed by atoms with van der Waals surface area (Å²) in [7, 11) is 1.37. The van der Waals surface area contributed by atoms with Crippen LogP contribution in [0.1, 0.15) is 6.42 Å². The van der Waals surface area contributed by atoms with Crippen molar-refractivity contribution >= 4 is 11.7 Å². The van der Waals surface area contributed by atoms with Crippen LogP contribution < -0.4 is 14.8 Å². The smallest absolute Gasteiger partial charge is 0.307 e. The first-order valence-corrected chi connectivity index (χ1v) is 5.90. The van der Waals surface area contributed by atoms with Gasteiger partial charge in [0.25, 0.3) is 5.69 Å². The SMILES string of the molecule is COc1cc([N+](=O)[O-])ccc1OC1(CC(=O)O)CNC1. The summed E-state index contributed by atoms with van der Waals surface area (Å²) in [5, 5.41) is 22.6. The van der Waals surface area contributed by atoms with Crippen LogP contribution in [0.15, 0.2) is 18.2 Å². The first-order chi connectivity index (χ1) is 9.46. The molecule has 1 aromatic rings. The third-order valence-electron chi connectivity index (χ3n) is 3.05. The molecule has 0 amide bonds. The van der Waals surface area contributed by atoms with Crippen LogP contribution in [0.25, 0.3) is 0 Å². The van der Waals surface area contributed by atoms with E-state index < -0.39 is 16.5 Å². The minimum Gasteiger partial charge on any atom is -0.493 e. The number of carboxylic acids is 1. The average molecular weight is 282 g/mol. The minimum atomic E-state index is -0.965. The van der Waals surface area contributed by atoms with E-state index in [2.05, 4.69) is 5.32 Å². The fourth-order valence-corrected chi connectivity index (χ4v) is 2.00. The third-order valence-corrected chi connectivity index (χ3v) is 3.05. The van der Waals surface area contributed by atoms with Gasteiger partial charge in [-0.25, -0.2) is 0 Å². The van der Waals surface area contributed by atoms with Gasteiger partial charge in [0, 0.05) is 19.2 Å². The van der Waals surface area contributed by atoms with E-state index in [0.717, 1.165) is 0 Å². The number of rotatable bonds is 6. The Kier molecular flexibility index (Phi) is 3.75. The molecular weight excluding hydrogens is 268 g/mol. The molecule has 0 saturated carbocycles. The number of non-ortho nitro benzene ring substituents is 1. The van der Waals surface area contributed by atoms with Crippen LogP contribution >= 0.6 is 0 Å². The molecule has 1 fully saturated rings. The molecular formula is C12H14N2O6. The Hall–Kier alpha value is -2.35. The standard InChI is InChI=1S/C12H14N2O6/c1-19-10-4-8(14(17)18)2-3-9(10)20-12(5-11(15)16)6-13-7-12/h2-4,13H,5-7H2,1H3,(H,15,16). The van der Waals surface area contributed by atoms with Gasteiger partial charge in [-0.2, -0.15) is 0 Å². The zero-order valence-corrected chi connectivity index (χ0v) is 10.8. The van der Waals surface area contributed by atoms with Crippen LogP contribution in [-0.2, 0) is 4.79 Å². The van der Waals surface area contributed by atoms with Gasteiger partial charge in [-0.3, -0.25) is 14.9 Å². The Morgan fingerprint density at radius 1 is 1.50 bits per heavy atom. The molecule has 1 aliphatic rings. The summed E-state index contributed by atoms with van der Waals surface area (Å²) in [5.74, 6) is -0.468. The fraction of sp³-hybridized carbons (Fsp3) is 0.417. The van der Waals surface area contributed by atoms with Gasteiger partial charge in [0.15, 0.2) is 11.5 Å². The molecule has 1 heterocycles. The van der Waals surface area contributed by atoms with Crippen molar-refractivity contribution in [3.05, 3.63) is 28.3 Å². The van der Waals surface area contributed by atoms with Crippen molar-refractivity contribution in [2.75, 3.05) is 20.2 Å². The lowest BCUT2D eigenvalue weighted by molar-refractivity contribution is -0.385. The number of nitro groups is 1. The molecule has 0 spiro atoms. The van der Waals surface area contributed by atoms with E-state index in [1.54, 1.807) is 0 Å². The molecule has 8 nitrogen and oxygen atoms in total. The maximum atomic E-state index is 10.9. The largest absolute Gasteiger partial charge is 0.493 e. The number of nitro benzene ring substituents is 1. The number of hydrogen-bond donors (Lipinski definition) is 2. The molecule has 2 rings (SSSR count). The second-order valence-electron chi connectivity index (χ2n) is 4.55. The number of benzene rings is 1. The zero-order chi connectivity index (χ0) is 14.8. The van der Waals surface area contributed by atoms with Gasteiger partial charge in [-0.1, -0.05) is 0 Å². The molecule has 0 atom stereocenters. The number of methoxy groups -OCH3 is 1. The molecule has 8 heteroatoms. The molecule has 1 saturated heterocycles. The summed E-state index contributed by atoms with van der Waals surface area (Å²) in [5.41, 5.74) is -0.955. The number of carbonyl (C=O) groups is 1. The summed E-state index contributed by atoms with van der Waals surface area (Å²) in [4.78, 5) is 21.0. The first-order valence-electron chi connectivity index (χ1n) is 5.90. The number of ether oxygens (including phenoxy) is 2. The number of aliphatic carboxylic acids is 1. The highest BCUT2D eigenvalue weighted by Crippen LogP contribution is 2.35. The van der Waals surface area contributed by atoms with E-state index in [1.165, 1.54) is 25.3 Å². The minimum absolute atomic E-state index is 0.117. The lowest BCUT2D eigenvalue weighted by atomic mass is 9.92. The van der Waals surface area contributed by atoms with E-state index in [-0.39, 0.29) is 17.9 Å². The van der Waals surface area contributed by atoms with E-state index in [9.17, 15) is 14.9 Å². The van der Waals surface area contributed by atoms with Crippen molar-refractivity contribution in [3.8, 4) is 11.5 Å². The quantitative estimate of drug-likeness (QED) is 0.586. The zero-order valence-electron chi connectivity index (χ0n) is 10.8. The van der Waals surface area contributed by atoms with Crippen LogP contribution in [0.5, 0.6) is 11.5 Å². The fourth-order valence-electron chi connectivity index (χ4n) is 2.00. The van der Waals surface area contributed by atoms with Gasteiger partial charge in [-0.05, 0) is 6.07 Å². The number of nitrogens with zero attached hydrogens (tertiary/aromatic N) is 1. The van der Waals surface area contributed by atoms with Gasteiger partial charge in [0.05, 0.1) is 24.5 Å². The molecule has 1 aliphatic heterocycles. The Bertz CT molecular complexity index is 541. The summed E-state index contributed by atoms with van der Waals surface area (Å²) in [6.07, 6.45) is -0.153. The first kappa shape index (κ1) is 14.1. The number of nitrogens with one attached hydrogen (secondary N) is 1. The van der Waals surface area contributed by atoms with Crippen molar-refractivity contribution < 1.29 is 24.3 Å². The van der Waals surface area contributed by atoms with Gasteiger partial charge < -0.3 is 19.9 Å². The van der Waals surface area contributed by atoms with E-state index in [0.29, 0.717) is 18.8 Å². The molecule has 0 aromatic heterocycles.